The van der Waals surface area contributed by atoms with Crippen LogP contribution in [0.5, 0.6) is 0 Å². The zero-order valence-electron chi connectivity index (χ0n) is 11.3. The van der Waals surface area contributed by atoms with E-state index in [1.165, 1.54) is 12.1 Å². The predicted octanol–water partition coefficient (Wildman–Crippen LogP) is 1.68. The Morgan fingerprint density at radius 2 is 2.35 bits per heavy atom. The second-order valence-corrected chi connectivity index (χ2v) is 4.86. The van der Waals surface area contributed by atoms with Crippen molar-refractivity contribution in [3.63, 3.8) is 0 Å². The lowest BCUT2D eigenvalue weighted by atomic mass is 9.98. The lowest BCUT2D eigenvalue weighted by Crippen LogP contribution is -2.48. The van der Waals surface area contributed by atoms with Gasteiger partial charge in [0.05, 0.1) is 17.1 Å². The maximum Gasteiger partial charge on any atom is 0.295 e. The fourth-order valence-electron chi connectivity index (χ4n) is 2.65. The number of hydrogen-bond donors (Lipinski definition) is 1. The number of methoxy groups -OCH3 is 1. The Kier molecular flexibility index (Phi) is 4.51. The largest absolute Gasteiger partial charge is 0.381 e. The van der Waals surface area contributed by atoms with Gasteiger partial charge in [0.15, 0.2) is 0 Å². The first-order valence-corrected chi connectivity index (χ1v) is 6.50. The second-order valence-electron chi connectivity index (χ2n) is 4.86. The van der Waals surface area contributed by atoms with Gasteiger partial charge in [-0.1, -0.05) is 0 Å². The highest BCUT2D eigenvalue weighted by atomic mass is 19.1. The van der Waals surface area contributed by atoms with Crippen LogP contribution in [0.25, 0.3) is 0 Å². The monoisotopic (exact) mass is 283 g/mol. The van der Waals surface area contributed by atoms with Crippen LogP contribution in [0, 0.1) is 15.9 Å². The maximum absolute atomic E-state index is 13.2. The minimum absolute atomic E-state index is 0.0436. The van der Waals surface area contributed by atoms with Gasteiger partial charge in [-0.3, -0.25) is 10.1 Å². The third-order valence-electron chi connectivity index (χ3n) is 3.72. The molecule has 1 aliphatic rings. The summed E-state index contributed by atoms with van der Waals surface area (Å²) in [6, 6.07) is 3.59. The van der Waals surface area contributed by atoms with Gasteiger partial charge in [0.2, 0.25) is 0 Å². The van der Waals surface area contributed by atoms with Crippen molar-refractivity contribution >= 4 is 11.4 Å². The Balaban J connectivity index is 2.33. The molecule has 7 heteroatoms. The zero-order valence-corrected chi connectivity index (χ0v) is 11.3. The van der Waals surface area contributed by atoms with E-state index >= 15 is 0 Å². The highest BCUT2D eigenvalue weighted by Crippen LogP contribution is 2.33. The van der Waals surface area contributed by atoms with E-state index in [2.05, 4.69) is 0 Å². The zero-order chi connectivity index (χ0) is 14.7. The minimum atomic E-state index is -0.614. The number of nitro benzene ring substituents is 1. The van der Waals surface area contributed by atoms with Crippen LogP contribution in [0.15, 0.2) is 18.2 Å². The van der Waals surface area contributed by atoms with Crippen molar-refractivity contribution in [1.29, 1.82) is 0 Å². The average molecular weight is 283 g/mol. The summed E-state index contributed by atoms with van der Waals surface area (Å²) < 4.78 is 18.5. The molecule has 0 bridgehead atoms. The summed E-state index contributed by atoms with van der Waals surface area (Å²) in [6.45, 7) is 0.973. The van der Waals surface area contributed by atoms with Crippen molar-refractivity contribution < 1.29 is 14.1 Å². The first-order valence-electron chi connectivity index (χ1n) is 6.50. The molecule has 0 aromatic heterocycles. The molecule has 20 heavy (non-hydrogen) atoms. The number of benzene rings is 1. The number of nitro groups is 1. The number of rotatable bonds is 4. The molecule has 0 aliphatic carbocycles. The third kappa shape index (κ3) is 2.88. The predicted molar refractivity (Wildman–Crippen MR) is 73.3 cm³/mol. The van der Waals surface area contributed by atoms with E-state index in [4.69, 9.17) is 10.5 Å². The molecule has 110 valence electrons. The molecule has 2 unspecified atom stereocenters. The summed E-state index contributed by atoms with van der Waals surface area (Å²) in [5.41, 5.74) is 5.96. The summed E-state index contributed by atoms with van der Waals surface area (Å²) in [5.74, 6) is -0.614. The molecule has 1 aromatic carbocycles. The van der Waals surface area contributed by atoms with Crippen molar-refractivity contribution in [1.82, 2.24) is 0 Å². The molecule has 0 radical (unpaired) electrons. The van der Waals surface area contributed by atoms with E-state index in [1.54, 1.807) is 7.11 Å². The minimum Gasteiger partial charge on any atom is -0.381 e. The maximum atomic E-state index is 13.2. The van der Waals surface area contributed by atoms with Crippen LogP contribution in [0.3, 0.4) is 0 Å². The van der Waals surface area contributed by atoms with Gasteiger partial charge in [0, 0.05) is 26.2 Å². The summed E-state index contributed by atoms with van der Waals surface area (Å²) in [6.07, 6.45) is 1.59. The van der Waals surface area contributed by atoms with Crippen molar-refractivity contribution in [3.8, 4) is 0 Å². The van der Waals surface area contributed by atoms with Crippen molar-refractivity contribution in [2.45, 2.75) is 25.0 Å². The normalized spacial score (nSPS) is 22.9. The van der Waals surface area contributed by atoms with Crippen LogP contribution in [-0.4, -0.2) is 37.3 Å². The second kappa shape index (κ2) is 6.15. The summed E-state index contributed by atoms with van der Waals surface area (Å²) >= 11 is 0. The van der Waals surface area contributed by atoms with E-state index < -0.39 is 10.7 Å². The Labute approximate surface area is 116 Å². The number of halogens is 1. The Hall–Kier alpha value is -1.73. The van der Waals surface area contributed by atoms with Gasteiger partial charge in [-0.15, -0.1) is 0 Å². The molecule has 0 saturated carbocycles. The van der Waals surface area contributed by atoms with Gasteiger partial charge >= 0.3 is 0 Å². The quantitative estimate of drug-likeness (QED) is 0.671. The van der Waals surface area contributed by atoms with Gasteiger partial charge < -0.3 is 15.4 Å². The van der Waals surface area contributed by atoms with E-state index in [9.17, 15) is 14.5 Å². The first kappa shape index (κ1) is 14.7. The lowest BCUT2D eigenvalue weighted by Gasteiger charge is -2.39. The molecule has 1 aliphatic heterocycles. The van der Waals surface area contributed by atoms with Gasteiger partial charge in [0.1, 0.15) is 11.5 Å². The van der Waals surface area contributed by atoms with E-state index in [1.807, 2.05) is 4.90 Å². The standard InChI is InChI=1S/C13H18FN3O3/c1-20-11-4-5-16(10(7-11)8-15)12-3-2-9(14)6-13(12)17(18)19/h2-3,6,10-11H,4-5,7-8,15H2,1H3. The molecule has 0 spiro atoms. The topological polar surface area (TPSA) is 81.6 Å². The number of hydrogen-bond acceptors (Lipinski definition) is 5. The van der Waals surface area contributed by atoms with Crippen LogP contribution in [0.1, 0.15) is 12.8 Å². The van der Waals surface area contributed by atoms with Gasteiger partial charge in [-0.2, -0.15) is 0 Å². The van der Waals surface area contributed by atoms with Gasteiger partial charge in [0.25, 0.3) is 5.69 Å². The molecule has 1 heterocycles. The molecule has 2 atom stereocenters. The third-order valence-corrected chi connectivity index (χ3v) is 3.72. The summed E-state index contributed by atoms with van der Waals surface area (Å²) in [7, 11) is 1.65. The van der Waals surface area contributed by atoms with Crippen molar-refractivity contribution in [2.75, 3.05) is 25.1 Å². The lowest BCUT2D eigenvalue weighted by molar-refractivity contribution is -0.384. The van der Waals surface area contributed by atoms with Crippen LogP contribution in [0.4, 0.5) is 15.8 Å². The van der Waals surface area contributed by atoms with Crippen LogP contribution < -0.4 is 10.6 Å². The highest BCUT2D eigenvalue weighted by Gasteiger charge is 2.31. The van der Waals surface area contributed by atoms with Crippen LogP contribution >= 0.6 is 0 Å². The Morgan fingerprint density at radius 1 is 1.60 bits per heavy atom. The molecule has 0 amide bonds. The molecule has 1 saturated heterocycles. The Morgan fingerprint density at radius 3 is 2.95 bits per heavy atom. The first-order chi connectivity index (χ1) is 9.56. The van der Waals surface area contributed by atoms with Crippen molar-refractivity contribution in [3.05, 3.63) is 34.1 Å². The number of anilines is 1. The molecular weight excluding hydrogens is 265 g/mol. The molecule has 1 fully saturated rings. The number of nitrogens with zero attached hydrogens (tertiary/aromatic N) is 2. The molecule has 2 rings (SSSR count). The molecule has 6 nitrogen and oxygen atoms in total. The fraction of sp³-hybridized carbons (Fsp3) is 0.538. The number of ether oxygens (including phenoxy) is 1. The average Bonchev–Trinajstić information content (AvgIpc) is 2.46. The van der Waals surface area contributed by atoms with Crippen molar-refractivity contribution in [2.24, 2.45) is 5.73 Å². The molecule has 1 aromatic rings. The number of piperidine rings is 1. The van der Waals surface area contributed by atoms with E-state index in [-0.39, 0.29) is 17.8 Å². The van der Waals surface area contributed by atoms with E-state index in [0.717, 1.165) is 12.5 Å². The van der Waals surface area contributed by atoms with Gasteiger partial charge in [-0.25, -0.2) is 4.39 Å². The van der Waals surface area contributed by atoms with Crippen LogP contribution in [-0.2, 0) is 4.74 Å². The van der Waals surface area contributed by atoms with Gasteiger partial charge in [-0.05, 0) is 25.0 Å². The van der Waals surface area contributed by atoms with Crippen LogP contribution in [0.2, 0.25) is 0 Å². The Bertz CT molecular complexity index is 498. The van der Waals surface area contributed by atoms with E-state index in [0.29, 0.717) is 25.2 Å². The molecular formula is C13H18FN3O3. The summed E-state index contributed by atoms with van der Waals surface area (Å²) in [4.78, 5) is 12.4. The SMILES string of the molecule is COC1CCN(c2ccc(F)cc2[N+](=O)[O-])C(CN)C1. The fourth-order valence-corrected chi connectivity index (χ4v) is 2.65. The smallest absolute Gasteiger partial charge is 0.295 e. The highest BCUT2D eigenvalue weighted by molar-refractivity contribution is 5.64. The summed E-state index contributed by atoms with van der Waals surface area (Å²) in [5, 5.41) is 11.1. The number of nitrogens with two attached hydrogens (primary N) is 1. The molecule has 2 N–H and O–H groups in total.